The smallest absolute Gasteiger partial charge is 0.256 e. The second kappa shape index (κ2) is 8.98. The molecule has 0 spiro atoms. The van der Waals surface area contributed by atoms with Crippen molar-refractivity contribution in [3.8, 4) is 11.4 Å². The number of halogens is 1. The van der Waals surface area contributed by atoms with E-state index in [9.17, 15) is 9.18 Å². The number of hydrogen-bond donors (Lipinski definition) is 1. The molecule has 30 heavy (non-hydrogen) atoms. The van der Waals surface area contributed by atoms with Crippen LogP contribution in [0.25, 0.3) is 11.4 Å². The lowest BCUT2D eigenvalue weighted by Crippen LogP contribution is -2.36. The average molecular weight is 405 g/mol. The minimum atomic E-state index is -0.311. The number of carbonyl (C=O) groups excluding carboxylic acids is 1. The summed E-state index contributed by atoms with van der Waals surface area (Å²) in [7, 11) is 0. The summed E-state index contributed by atoms with van der Waals surface area (Å²) in [4.78, 5) is 28.4. The van der Waals surface area contributed by atoms with Crippen LogP contribution in [0.1, 0.15) is 35.8 Å². The normalized spacial score (nSPS) is 14.5. The van der Waals surface area contributed by atoms with Crippen LogP contribution in [-0.2, 0) is 6.54 Å². The van der Waals surface area contributed by atoms with Crippen molar-refractivity contribution in [2.45, 2.75) is 26.3 Å². The highest BCUT2D eigenvalue weighted by atomic mass is 19.1. The summed E-state index contributed by atoms with van der Waals surface area (Å²) >= 11 is 0. The topological polar surface area (TPSA) is 71.0 Å². The summed E-state index contributed by atoms with van der Waals surface area (Å²) in [6.45, 7) is 4.24. The Hall–Kier alpha value is -3.35. The van der Waals surface area contributed by atoms with Gasteiger partial charge in [-0.15, -0.1) is 0 Å². The highest BCUT2D eigenvalue weighted by Crippen LogP contribution is 2.27. The summed E-state index contributed by atoms with van der Waals surface area (Å²) in [6.07, 6.45) is 5.35. The number of aromatic nitrogens is 3. The van der Waals surface area contributed by atoms with E-state index in [0.717, 1.165) is 31.6 Å². The first-order valence-corrected chi connectivity index (χ1v) is 10.2. The molecule has 1 fully saturated rings. The molecule has 1 aliphatic rings. The molecule has 0 atom stereocenters. The van der Waals surface area contributed by atoms with E-state index in [-0.39, 0.29) is 11.7 Å². The first kappa shape index (κ1) is 19.9. The van der Waals surface area contributed by atoms with Gasteiger partial charge < -0.3 is 10.2 Å². The molecular weight excluding hydrogens is 381 g/mol. The Kier molecular flexibility index (Phi) is 5.97. The second-order valence-electron chi connectivity index (χ2n) is 7.61. The number of amides is 1. The molecule has 2 aromatic heterocycles. The predicted molar refractivity (Wildman–Crippen MR) is 113 cm³/mol. The third-order valence-electron chi connectivity index (χ3n) is 5.36. The molecular formula is C23H24FN5O. The first-order chi connectivity index (χ1) is 14.6. The van der Waals surface area contributed by atoms with Crippen LogP contribution in [0.15, 0.2) is 54.9 Å². The minimum absolute atomic E-state index is 0.236. The third-order valence-corrected chi connectivity index (χ3v) is 5.36. The molecule has 1 aromatic carbocycles. The van der Waals surface area contributed by atoms with Gasteiger partial charge in [-0.2, -0.15) is 0 Å². The lowest BCUT2D eigenvalue weighted by Gasteiger charge is -2.32. The van der Waals surface area contributed by atoms with Crippen LogP contribution in [0.2, 0.25) is 0 Å². The van der Waals surface area contributed by atoms with Gasteiger partial charge in [-0.1, -0.05) is 13.0 Å². The average Bonchev–Trinajstić information content (AvgIpc) is 2.79. The van der Waals surface area contributed by atoms with Crippen LogP contribution in [0.3, 0.4) is 0 Å². The van der Waals surface area contributed by atoms with E-state index in [2.05, 4.69) is 27.1 Å². The van der Waals surface area contributed by atoms with Crippen molar-refractivity contribution in [2.24, 2.45) is 5.92 Å². The van der Waals surface area contributed by atoms with Gasteiger partial charge in [-0.3, -0.25) is 9.78 Å². The first-order valence-electron chi connectivity index (χ1n) is 10.2. The molecule has 1 amide bonds. The minimum Gasteiger partial charge on any atom is -0.356 e. The number of carbonyl (C=O) groups is 1. The lowest BCUT2D eigenvalue weighted by atomic mass is 9.99. The van der Waals surface area contributed by atoms with Gasteiger partial charge in [-0.25, -0.2) is 14.4 Å². The summed E-state index contributed by atoms with van der Waals surface area (Å²) in [5.41, 5.74) is 1.93. The Labute approximate surface area is 175 Å². The Balaban J connectivity index is 1.62. The predicted octanol–water partition coefficient (Wildman–Crippen LogP) is 3.84. The van der Waals surface area contributed by atoms with Gasteiger partial charge in [0.1, 0.15) is 17.2 Å². The summed E-state index contributed by atoms with van der Waals surface area (Å²) < 4.78 is 13.3. The molecule has 0 saturated carbocycles. The van der Waals surface area contributed by atoms with Crippen molar-refractivity contribution in [3.05, 3.63) is 71.9 Å². The second-order valence-corrected chi connectivity index (χ2v) is 7.61. The number of nitrogens with zero attached hydrogens (tertiary/aromatic N) is 4. The molecule has 0 unspecified atom stereocenters. The van der Waals surface area contributed by atoms with E-state index < -0.39 is 0 Å². The number of nitrogens with one attached hydrogen (secondary N) is 1. The number of anilines is 1. The van der Waals surface area contributed by atoms with Gasteiger partial charge in [0, 0.05) is 31.0 Å². The Bertz CT molecular complexity index is 1000. The van der Waals surface area contributed by atoms with Gasteiger partial charge in [0.25, 0.3) is 5.91 Å². The van der Waals surface area contributed by atoms with E-state index in [4.69, 9.17) is 4.98 Å². The molecule has 0 aliphatic carbocycles. The van der Waals surface area contributed by atoms with Crippen LogP contribution in [0, 0.1) is 11.7 Å². The fourth-order valence-electron chi connectivity index (χ4n) is 3.50. The monoisotopic (exact) mass is 405 g/mol. The maximum Gasteiger partial charge on any atom is 0.256 e. The standard InChI is InChI=1S/C23H24FN5O/c1-16-9-12-29(13-10-16)22-20(23(30)27-14-19-4-2-3-11-25-19)15-26-21(28-22)17-5-7-18(24)8-6-17/h2-8,11,15-16H,9-10,12-14H2,1H3,(H,27,30). The molecule has 4 rings (SSSR count). The number of hydrogen-bond acceptors (Lipinski definition) is 5. The van der Waals surface area contributed by atoms with Gasteiger partial charge >= 0.3 is 0 Å². The van der Waals surface area contributed by atoms with Gasteiger partial charge in [0.05, 0.1) is 12.2 Å². The molecule has 1 aliphatic heterocycles. The molecule has 3 aromatic rings. The number of pyridine rings is 1. The quantitative estimate of drug-likeness (QED) is 0.698. The van der Waals surface area contributed by atoms with Crippen LogP contribution in [0.4, 0.5) is 10.2 Å². The summed E-state index contributed by atoms with van der Waals surface area (Å²) in [6, 6.07) is 11.6. The van der Waals surface area contributed by atoms with Crippen molar-refractivity contribution in [2.75, 3.05) is 18.0 Å². The molecule has 154 valence electrons. The van der Waals surface area contributed by atoms with Crippen LogP contribution in [-0.4, -0.2) is 33.9 Å². The van der Waals surface area contributed by atoms with Crippen LogP contribution < -0.4 is 10.2 Å². The van der Waals surface area contributed by atoms with Gasteiger partial charge in [0.2, 0.25) is 0 Å². The molecule has 1 saturated heterocycles. The van der Waals surface area contributed by atoms with Crippen molar-refractivity contribution in [1.29, 1.82) is 0 Å². The van der Waals surface area contributed by atoms with Crippen molar-refractivity contribution in [1.82, 2.24) is 20.3 Å². The third kappa shape index (κ3) is 4.62. The molecule has 1 N–H and O–H groups in total. The van der Waals surface area contributed by atoms with E-state index in [1.54, 1.807) is 24.5 Å². The SMILES string of the molecule is CC1CCN(c2nc(-c3ccc(F)cc3)ncc2C(=O)NCc2ccccn2)CC1. The van der Waals surface area contributed by atoms with E-state index in [1.165, 1.54) is 12.1 Å². The zero-order valence-corrected chi connectivity index (χ0v) is 16.9. The van der Waals surface area contributed by atoms with E-state index in [0.29, 0.717) is 35.2 Å². The maximum atomic E-state index is 13.3. The summed E-state index contributed by atoms with van der Waals surface area (Å²) in [5, 5.41) is 2.91. The number of piperidine rings is 1. The van der Waals surface area contributed by atoms with Crippen LogP contribution in [0.5, 0.6) is 0 Å². The number of benzene rings is 1. The highest BCUT2D eigenvalue weighted by molar-refractivity contribution is 5.98. The zero-order chi connectivity index (χ0) is 20.9. The fraction of sp³-hybridized carbons (Fsp3) is 0.304. The van der Waals surface area contributed by atoms with Crippen molar-refractivity contribution >= 4 is 11.7 Å². The molecule has 7 heteroatoms. The molecule has 0 bridgehead atoms. The largest absolute Gasteiger partial charge is 0.356 e. The molecule has 0 radical (unpaired) electrons. The zero-order valence-electron chi connectivity index (χ0n) is 16.9. The Morgan fingerprint density at radius 3 is 2.60 bits per heavy atom. The van der Waals surface area contributed by atoms with Crippen LogP contribution >= 0.6 is 0 Å². The van der Waals surface area contributed by atoms with Crippen molar-refractivity contribution in [3.63, 3.8) is 0 Å². The van der Waals surface area contributed by atoms with E-state index in [1.807, 2.05) is 18.2 Å². The lowest BCUT2D eigenvalue weighted by molar-refractivity contribution is 0.0950. The van der Waals surface area contributed by atoms with E-state index >= 15 is 0 Å². The number of rotatable bonds is 5. The fourth-order valence-corrected chi connectivity index (χ4v) is 3.50. The Morgan fingerprint density at radius 2 is 1.90 bits per heavy atom. The van der Waals surface area contributed by atoms with Gasteiger partial charge in [0.15, 0.2) is 5.82 Å². The summed E-state index contributed by atoms with van der Waals surface area (Å²) in [5.74, 6) is 1.20. The molecule has 6 nitrogen and oxygen atoms in total. The van der Waals surface area contributed by atoms with Crippen molar-refractivity contribution < 1.29 is 9.18 Å². The van der Waals surface area contributed by atoms with Gasteiger partial charge in [-0.05, 0) is 55.2 Å². The molecule has 3 heterocycles. The maximum absolute atomic E-state index is 13.3. The highest BCUT2D eigenvalue weighted by Gasteiger charge is 2.24. The Morgan fingerprint density at radius 1 is 1.13 bits per heavy atom.